The molecule has 2 rings (SSSR count). The molecule has 0 fully saturated rings. The van der Waals surface area contributed by atoms with Crippen LogP contribution in [0.25, 0.3) is 0 Å². The molecule has 1 aromatic carbocycles. The molecule has 1 aromatic heterocycles. The van der Waals surface area contributed by atoms with Crippen molar-refractivity contribution in [2.45, 2.75) is 37.6 Å². The minimum absolute atomic E-state index is 0.114. The number of halogens is 1. The van der Waals surface area contributed by atoms with Gasteiger partial charge < -0.3 is 10.6 Å². The summed E-state index contributed by atoms with van der Waals surface area (Å²) in [5.41, 5.74) is 0.392. The third kappa shape index (κ3) is 4.81. The van der Waals surface area contributed by atoms with Gasteiger partial charge in [0, 0.05) is 13.1 Å². The molecular weight excluding hydrogens is 362 g/mol. The number of hydrogen-bond donors (Lipinski definition) is 3. The van der Waals surface area contributed by atoms with Gasteiger partial charge in [0.25, 0.3) is 0 Å². The molecule has 9 heteroatoms. The van der Waals surface area contributed by atoms with Gasteiger partial charge in [0.2, 0.25) is 16.0 Å². The van der Waals surface area contributed by atoms with Crippen LogP contribution in [0.3, 0.4) is 0 Å². The van der Waals surface area contributed by atoms with Crippen molar-refractivity contribution in [1.29, 1.82) is 0 Å². The first kappa shape index (κ1) is 19.4. The van der Waals surface area contributed by atoms with E-state index in [4.69, 9.17) is 11.6 Å². The highest BCUT2D eigenvalue weighted by atomic mass is 35.5. The molecule has 0 atom stereocenters. The number of anilines is 3. The normalized spacial score (nSPS) is 11.6. The van der Waals surface area contributed by atoms with Crippen LogP contribution in [0.1, 0.15) is 26.7 Å². The summed E-state index contributed by atoms with van der Waals surface area (Å²) in [5.74, 6) is 0.702. The number of nitrogens with one attached hydrogen (secondary N) is 3. The van der Waals surface area contributed by atoms with Gasteiger partial charge in [-0.25, -0.2) is 18.1 Å². The molecule has 3 N–H and O–H groups in total. The molecule has 0 spiro atoms. The quantitative estimate of drug-likeness (QED) is 0.646. The lowest BCUT2D eigenvalue weighted by Crippen LogP contribution is -2.34. The van der Waals surface area contributed by atoms with Gasteiger partial charge in [0.05, 0.1) is 11.9 Å². The predicted molar refractivity (Wildman–Crippen MR) is 101 cm³/mol. The zero-order chi connectivity index (χ0) is 18.4. The van der Waals surface area contributed by atoms with Crippen molar-refractivity contribution >= 4 is 39.1 Å². The second-order valence-electron chi connectivity index (χ2n) is 5.40. The van der Waals surface area contributed by atoms with Gasteiger partial charge in [0.15, 0.2) is 5.82 Å². The van der Waals surface area contributed by atoms with Crippen LogP contribution < -0.4 is 15.4 Å². The van der Waals surface area contributed by atoms with Crippen molar-refractivity contribution in [3.05, 3.63) is 35.5 Å². The van der Waals surface area contributed by atoms with E-state index in [1.807, 2.05) is 13.8 Å². The summed E-state index contributed by atoms with van der Waals surface area (Å²) < 4.78 is 28.2. The monoisotopic (exact) mass is 383 g/mol. The standard InChI is InChI=1S/C16H22ClN5O2S/c1-4-11(5-2)22-25(23,24)14-9-7-6-8-13(14)20-15-12(17)10-19-16(18-3)21-15/h6-11,22H,4-5H2,1-3H3,(H2,18,19,20,21). The molecule has 0 saturated carbocycles. The summed E-state index contributed by atoms with van der Waals surface area (Å²) in [7, 11) is -1.99. The molecule has 0 saturated heterocycles. The second-order valence-corrected chi connectivity index (χ2v) is 7.49. The number of hydrogen-bond acceptors (Lipinski definition) is 6. The fraction of sp³-hybridized carbons (Fsp3) is 0.375. The van der Waals surface area contributed by atoms with Crippen molar-refractivity contribution in [3.63, 3.8) is 0 Å². The summed E-state index contributed by atoms with van der Waals surface area (Å²) in [4.78, 5) is 8.37. The molecule has 0 radical (unpaired) electrons. The molecule has 0 amide bonds. The Morgan fingerprint density at radius 2 is 1.88 bits per heavy atom. The SMILES string of the molecule is CCC(CC)NS(=O)(=O)c1ccccc1Nc1nc(NC)ncc1Cl. The summed E-state index contributed by atoms with van der Waals surface area (Å²) in [6.07, 6.45) is 2.88. The summed E-state index contributed by atoms with van der Waals surface area (Å²) in [6, 6.07) is 6.51. The lowest BCUT2D eigenvalue weighted by atomic mass is 10.2. The number of sulfonamides is 1. The maximum absolute atomic E-state index is 12.8. The van der Waals surface area contributed by atoms with Gasteiger partial charge >= 0.3 is 0 Å². The largest absolute Gasteiger partial charge is 0.357 e. The van der Waals surface area contributed by atoms with Gasteiger partial charge in [-0.2, -0.15) is 4.98 Å². The zero-order valence-corrected chi connectivity index (χ0v) is 15.9. The highest BCUT2D eigenvalue weighted by molar-refractivity contribution is 7.89. The van der Waals surface area contributed by atoms with Gasteiger partial charge in [-0.1, -0.05) is 37.6 Å². The molecule has 1 heterocycles. The van der Waals surface area contributed by atoms with Crippen molar-refractivity contribution in [2.24, 2.45) is 0 Å². The first-order chi connectivity index (χ1) is 11.9. The molecule has 0 aliphatic carbocycles. The lowest BCUT2D eigenvalue weighted by Gasteiger charge is -2.18. The molecule has 2 aromatic rings. The second kappa shape index (κ2) is 8.46. The van der Waals surface area contributed by atoms with Crippen LogP contribution in [0.4, 0.5) is 17.5 Å². The Kier molecular flexibility index (Phi) is 6.57. The molecule has 7 nitrogen and oxygen atoms in total. The Labute approximate surface area is 153 Å². The number of para-hydroxylation sites is 1. The summed E-state index contributed by atoms with van der Waals surface area (Å²) >= 11 is 6.12. The third-order valence-corrected chi connectivity index (χ3v) is 5.56. The van der Waals surface area contributed by atoms with E-state index in [0.717, 1.165) is 0 Å². The first-order valence-corrected chi connectivity index (χ1v) is 9.86. The van der Waals surface area contributed by atoms with E-state index >= 15 is 0 Å². The van der Waals surface area contributed by atoms with Crippen LogP contribution in [-0.4, -0.2) is 31.5 Å². The summed E-state index contributed by atoms with van der Waals surface area (Å²) in [6.45, 7) is 3.89. The van der Waals surface area contributed by atoms with Gasteiger partial charge in [-0.15, -0.1) is 0 Å². The number of nitrogens with zero attached hydrogens (tertiary/aromatic N) is 2. The van der Waals surface area contributed by atoms with Crippen LogP contribution in [-0.2, 0) is 10.0 Å². The number of rotatable bonds is 8. The lowest BCUT2D eigenvalue weighted by molar-refractivity contribution is 0.530. The van der Waals surface area contributed by atoms with E-state index in [1.54, 1.807) is 31.3 Å². The molecule has 25 heavy (non-hydrogen) atoms. The Balaban J connectivity index is 2.39. The average Bonchev–Trinajstić information content (AvgIpc) is 2.62. The Bertz CT molecular complexity index is 825. The zero-order valence-electron chi connectivity index (χ0n) is 14.4. The predicted octanol–water partition coefficient (Wildman–Crippen LogP) is 3.38. The Morgan fingerprint density at radius 3 is 2.52 bits per heavy atom. The maximum Gasteiger partial charge on any atom is 0.242 e. The maximum atomic E-state index is 12.8. The van der Waals surface area contributed by atoms with Crippen LogP contribution in [0.15, 0.2) is 35.4 Å². The topological polar surface area (TPSA) is 96.0 Å². The van der Waals surface area contributed by atoms with E-state index in [1.165, 1.54) is 6.20 Å². The Morgan fingerprint density at radius 1 is 1.20 bits per heavy atom. The van der Waals surface area contributed by atoms with E-state index < -0.39 is 10.0 Å². The van der Waals surface area contributed by atoms with Gasteiger partial charge in [-0.3, -0.25) is 0 Å². The molecular formula is C16H22ClN5O2S. The first-order valence-electron chi connectivity index (χ1n) is 7.99. The van der Waals surface area contributed by atoms with Crippen molar-refractivity contribution < 1.29 is 8.42 Å². The highest BCUT2D eigenvalue weighted by Crippen LogP contribution is 2.28. The number of benzene rings is 1. The minimum Gasteiger partial charge on any atom is -0.357 e. The van der Waals surface area contributed by atoms with E-state index in [2.05, 4.69) is 25.3 Å². The van der Waals surface area contributed by atoms with Crippen LogP contribution >= 0.6 is 11.6 Å². The minimum atomic E-state index is -3.68. The van der Waals surface area contributed by atoms with Crippen LogP contribution in [0.2, 0.25) is 5.02 Å². The van der Waals surface area contributed by atoms with E-state index in [0.29, 0.717) is 35.3 Å². The molecule has 0 aliphatic rings. The number of aromatic nitrogens is 2. The Hall–Kier alpha value is -1.90. The van der Waals surface area contributed by atoms with Crippen molar-refractivity contribution in [3.8, 4) is 0 Å². The third-order valence-electron chi connectivity index (χ3n) is 3.70. The molecule has 0 unspecified atom stereocenters. The molecule has 0 aliphatic heterocycles. The van der Waals surface area contributed by atoms with Gasteiger partial charge in [-0.05, 0) is 25.0 Å². The molecule has 0 bridgehead atoms. The van der Waals surface area contributed by atoms with E-state index in [-0.39, 0.29) is 10.9 Å². The van der Waals surface area contributed by atoms with E-state index in [9.17, 15) is 8.42 Å². The highest BCUT2D eigenvalue weighted by Gasteiger charge is 2.22. The summed E-state index contributed by atoms with van der Waals surface area (Å²) in [5, 5.41) is 6.09. The fourth-order valence-corrected chi connectivity index (χ4v) is 3.95. The average molecular weight is 384 g/mol. The van der Waals surface area contributed by atoms with Crippen molar-refractivity contribution in [1.82, 2.24) is 14.7 Å². The fourth-order valence-electron chi connectivity index (χ4n) is 2.25. The van der Waals surface area contributed by atoms with Crippen molar-refractivity contribution in [2.75, 3.05) is 17.7 Å². The van der Waals surface area contributed by atoms with Gasteiger partial charge in [0.1, 0.15) is 9.92 Å². The van der Waals surface area contributed by atoms with Crippen LogP contribution in [0.5, 0.6) is 0 Å². The molecule has 136 valence electrons. The van der Waals surface area contributed by atoms with Crippen LogP contribution in [0, 0.1) is 0 Å². The smallest absolute Gasteiger partial charge is 0.242 e.